The first kappa shape index (κ1) is 18.3. The van der Waals surface area contributed by atoms with E-state index in [1.165, 1.54) is 4.68 Å². The van der Waals surface area contributed by atoms with E-state index < -0.39 is 0 Å². The van der Waals surface area contributed by atoms with Crippen molar-refractivity contribution in [2.75, 3.05) is 38.8 Å². The van der Waals surface area contributed by atoms with Crippen LogP contribution in [0.1, 0.15) is 6.92 Å². The second kappa shape index (κ2) is 8.63. The molecule has 2 N–H and O–H groups in total. The second-order valence-corrected chi connectivity index (χ2v) is 6.55. The van der Waals surface area contributed by atoms with Crippen molar-refractivity contribution in [2.45, 2.75) is 24.8 Å². The molecule has 21 heavy (non-hydrogen) atoms. The van der Waals surface area contributed by atoms with Gasteiger partial charge in [-0.3, -0.25) is 4.79 Å². The van der Waals surface area contributed by atoms with Crippen molar-refractivity contribution in [3.05, 3.63) is 21.6 Å². The Balaban J connectivity index is 2.86. The highest BCUT2D eigenvalue weighted by Gasteiger charge is 2.17. The standard InChI is InChI=1S/C13H23ClN4O2S/c1-9(11(8-19)21-4)16-10-7-15-18(6-5-17(2)3)13(20)12(10)14/h7,9,11,16,19H,5-6,8H2,1-4H3. The second-order valence-electron chi connectivity index (χ2n) is 5.09. The number of rotatable bonds is 8. The van der Waals surface area contributed by atoms with E-state index in [9.17, 15) is 9.90 Å². The Kier molecular flexibility index (Phi) is 7.51. The minimum Gasteiger partial charge on any atom is -0.395 e. The average molecular weight is 335 g/mol. The molecule has 1 aromatic rings. The van der Waals surface area contributed by atoms with Gasteiger partial charge in [0.15, 0.2) is 0 Å². The van der Waals surface area contributed by atoms with Gasteiger partial charge in [0.1, 0.15) is 5.02 Å². The molecule has 6 nitrogen and oxygen atoms in total. The number of hydrogen-bond acceptors (Lipinski definition) is 6. The van der Waals surface area contributed by atoms with Crippen LogP contribution in [0.15, 0.2) is 11.0 Å². The van der Waals surface area contributed by atoms with Crippen molar-refractivity contribution >= 4 is 29.1 Å². The lowest BCUT2D eigenvalue weighted by Crippen LogP contribution is -2.33. The third kappa shape index (κ3) is 5.18. The summed E-state index contributed by atoms with van der Waals surface area (Å²) in [5, 5.41) is 16.7. The maximum absolute atomic E-state index is 12.1. The van der Waals surface area contributed by atoms with Gasteiger partial charge in [-0.25, -0.2) is 4.68 Å². The molecule has 0 aliphatic rings. The van der Waals surface area contributed by atoms with Crippen LogP contribution in [0.25, 0.3) is 0 Å². The normalized spacial score (nSPS) is 14.2. The number of thioether (sulfide) groups is 1. The molecule has 8 heteroatoms. The zero-order chi connectivity index (χ0) is 16.0. The fraction of sp³-hybridized carbons (Fsp3) is 0.692. The molecular formula is C13H23ClN4O2S. The van der Waals surface area contributed by atoms with E-state index in [4.69, 9.17) is 11.6 Å². The molecule has 0 amide bonds. The number of aromatic nitrogens is 2. The third-order valence-electron chi connectivity index (χ3n) is 3.17. The molecule has 0 saturated heterocycles. The maximum Gasteiger partial charge on any atom is 0.287 e. The fourth-order valence-electron chi connectivity index (χ4n) is 1.79. The number of aliphatic hydroxyl groups is 1. The summed E-state index contributed by atoms with van der Waals surface area (Å²) in [6.45, 7) is 3.20. The van der Waals surface area contributed by atoms with Crippen LogP contribution in [0.2, 0.25) is 5.02 Å². The maximum atomic E-state index is 12.1. The quantitative estimate of drug-likeness (QED) is 0.738. The van der Waals surface area contributed by atoms with Gasteiger partial charge in [0, 0.05) is 17.8 Å². The lowest BCUT2D eigenvalue weighted by atomic mass is 10.2. The van der Waals surface area contributed by atoms with Crippen LogP contribution in [0.4, 0.5) is 5.69 Å². The number of anilines is 1. The van der Waals surface area contributed by atoms with Gasteiger partial charge in [-0.1, -0.05) is 11.6 Å². The minimum atomic E-state index is -0.305. The van der Waals surface area contributed by atoms with Gasteiger partial charge < -0.3 is 15.3 Å². The SMILES string of the molecule is CSC(CO)C(C)Nc1cnn(CCN(C)C)c(=O)c1Cl. The first-order valence-electron chi connectivity index (χ1n) is 6.71. The largest absolute Gasteiger partial charge is 0.395 e. The number of hydrogen-bond donors (Lipinski definition) is 2. The molecule has 120 valence electrons. The Hall–Kier alpha value is -0.760. The topological polar surface area (TPSA) is 70.4 Å². The van der Waals surface area contributed by atoms with Gasteiger partial charge in [-0.2, -0.15) is 16.9 Å². The van der Waals surface area contributed by atoms with Gasteiger partial charge in [0.05, 0.1) is 25.0 Å². The molecule has 2 unspecified atom stereocenters. The molecule has 0 aliphatic carbocycles. The monoisotopic (exact) mass is 334 g/mol. The summed E-state index contributed by atoms with van der Waals surface area (Å²) < 4.78 is 1.36. The van der Waals surface area contributed by atoms with Crippen LogP contribution < -0.4 is 10.9 Å². The van der Waals surface area contributed by atoms with Crippen molar-refractivity contribution in [2.24, 2.45) is 0 Å². The predicted molar refractivity (Wildman–Crippen MR) is 89.5 cm³/mol. The van der Waals surface area contributed by atoms with Gasteiger partial charge in [0.25, 0.3) is 5.56 Å². The molecule has 0 radical (unpaired) electrons. The molecule has 1 aromatic heterocycles. The number of nitrogens with one attached hydrogen (secondary N) is 1. The summed E-state index contributed by atoms with van der Waals surface area (Å²) in [6, 6.07) is -0.0266. The molecule has 0 aliphatic heterocycles. The first-order valence-corrected chi connectivity index (χ1v) is 8.37. The van der Waals surface area contributed by atoms with E-state index in [-0.39, 0.29) is 28.5 Å². The summed E-state index contributed by atoms with van der Waals surface area (Å²) in [5.74, 6) is 0. The summed E-state index contributed by atoms with van der Waals surface area (Å²) in [6.07, 6.45) is 3.49. The number of aliphatic hydroxyl groups excluding tert-OH is 1. The Bertz CT molecular complexity index is 505. The van der Waals surface area contributed by atoms with Crippen LogP contribution >= 0.6 is 23.4 Å². The molecule has 0 fully saturated rings. The van der Waals surface area contributed by atoms with Gasteiger partial charge in [-0.05, 0) is 27.3 Å². The first-order chi connectivity index (χ1) is 9.90. The lowest BCUT2D eigenvalue weighted by Gasteiger charge is -2.22. The van der Waals surface area contributed by atoms with Gasteiger partial charge >= 0.3 is 0 Å². The highest BCUT2D eigenvalue weighted by Crippen LogP contribution is 2.20. The van der Waals surface area contributed by atoms with E-state index in [1.54, 1.807) is 18.0 Å². The van der Waals surface area contributed by atoms with Crippen LogP contribution in [0.3, 0.4) is 0 Å². The average Bonchev–Trinajstić information content (AvgIpc) is 2.44. The Morgan fingerprint density at radius 3 is 2.76 bits per heavy atom. The van der Waals surface area contributed by atoms with Crippen LogP contribution in [-0.2, 0) is 6.54 Å². The van der Waals surface area contributed by atoms with E-state index in [2.05, 4.69) is 10.4 Å². The zero-order valence-electron chi connectivity index (χ0n) is 12.8. The summed E-state index contributed by atoms with van der Waals surface area (Å²) in [5.41, 5.74) is 0.197. The van der Waals surface area contributed by atoms with Crippen LogP contribution in [-0.4, -0.2) is 64.6 Å². The van der Waals surface area contributed by atoms with Crippen molar-refractivity contribution in [3.63, 3.8) is 0 Å². The summed E-state index contributed by atoms with van der Waals surface area (Å²) in [4.78, 5) is 14.1. The van der Waals surface area contributed by atoms with E-state index in [1.807, 2.05) is 32.2 Å². The highest BCUT2D eigenvalue weighted by molar-refractivity contribution is 7.99. The minimum absolute atomic E-state index is 0.0252. The van der Waals surface area contributed by atoms with Gasteiger partial charge in [-0.15, -0.1) is 0 Å². The van der Waals surface area contributed by atoms with Crippen molar-refractivity contribution in [3.8, 4) is 0 Å². The van der Waals surface area contributed by atoms with Crippen LogP contribution in [0.5, 0.6) is 0 Å². The fourth-order valence-corrected chi connectivity index (χ4v) is 2.62. The molecule has 0 spiro atoms. The molecule has 0 aromatic carbocycles. The molecule has 1 rings (SSSR count). The molecular weight excluding hydrogens is 312 g/mol. The lowest BCUT2D eigenvalue weighted by molar-refractivity contribution is 0.288. The third-order valence-corrected chi connectivity index (χ3v) is 4.70. The Labute approximate surface area is 134 Å². The molecule has 1 heterocycles. The Morgan fingerprint density at radius 1 is 1.57 bits per heavy atom. The van der Waals surface area contributed by atoms with E-state index in [0.29, 0.717) is 18.8 Å². The predicted octanol–water partition coefficient (Wildman–Crippen LogP) is 0.983. The van der Waals surface area contributed by atoms with Crippen LogP contribution in [0, 0.1) is 0 Å². The smallest absolute Gasteiger partial charge is 0.287 e. The molecule has 2 atom stereocenters. The van der Waals surface area contributed by atoms with E-state index in [0.717, 1.165) is 0 Å². The van der Waals surface area contributed by atoms with Crippen molar-refractivity contribution in [1.82, 2.24) is 14.7 Å². The zero-order valence-corrected chi connectivity index (χ0v) is 14.4. The Morgan fingerprint density at radius 2 is 2.24 bits per heavy atom. The van der Waals surface area contributed by atoms with E-state index >= 15 is 0 Å². The highest BCUT2D eigenvalue weighted by atomic mass is 35.5. The molecule has 0 saturated carbocycles. The number of likely N-dealkylation sites (N-methyl/N-ethyl adjacent to an activating group) is 1. The number of nitrogens with zero attached hydrogens (tertiary/aromatic N) is 3. The molecule has 0 bridgehead atoms. The van der Waals surface area contributed by atoms with Gasteiger partial charge in [0.2, 0.25) is 0 Å². The summed E-state index contributed by atoms with van der Waals surface area (Å²) in [7, 11) is 3.86. The number of halogens is 1. The van der Waals surface area contributed by atoms with Crippen molar-refractivity contribution in [1.29, 1.82) is 0 Å². The van der Waals surface area contributed by atoms with Crippen molar-refractivity contribution < 1.29 is 5.11 Å². The summed E-state index contributed by atoms with van der Waals surface area (Å²) >= 11 is 7.69.